The SMILES string of the molecule is CC(NC(=O)[C@@H](C)N)c1ccc2ccccc2c1.Cl. The first-order chi connectivity index (χ1) is 8.58. The van der Waals surface area contributed by atoms with Crippen LogP contribution < -0.4 is 11.1 Å². The summed E-state index contributed by atoms with van der Waals surface area (Å²) in [5.74, 6) is -0.129. The number of amides is 1. The van der Waals surface area contributed by atoms with Crippen LogP contribution in [0.25, 0.3) is 10.8 Å². The van der Waals surface area contributed by atoms with Crippen molar-refractivity contribution in [1.29, 1.82) is 0 Å². The van der Waals surface area contributed by atoms with Crippen LogP contribution in [0.2, 0.25) is 0 Å². The summed E-state index contributed by atoms with van der Waals surface area (Å²) in [6, 6.07) is 13.9. The van der Waals surface area contributed by atoms with E-state index >= 15 is 0 Å². The Kier molecular flexibility index (Phi) is 5.33. The molecular formula is C15H19ClN2O. The van der Waals surface area contributed by atoms with Gasteiger partial charge in [-0.2, -0.15) is 0 Å². The average molecular weight is 279 g/mol. The smallest absolute Gasteiger partial charge is 0.237 e. The molecule has 2 atom stereocenters. The number of benzene rings is 2. The number of halogens is 1. The van der Waals surface area contributed by atoms with Crippen molar-refractivity contribution in [2.24, 2.45) is 5.73 Å². The third-order valence-electron chi connectivity index (χ3n) is 3.05. The Balaban J connectivity index is 0.00000180. The molecule has 4 heteroatoms. The molecule has 1 amide bonds. The van der Waals surface area contributed by atoms with Crippen LogP contribution in [0.5, 0.6) is 0 Å². The molecule has 102 valence electrons. The van der Waals surface area contributed by atoms with Crippen molar-refractivity contribution in [2.75, 3.05) is 0 Å². The van der Waals surface area contributed by atoms with E-state index in [9.17, 15) is 4.79 Å². The maximum absolute atomic E-state index is 11.6. The van der Waals surface area contributed by atoms with Crippen molar-refractivity contribution in [3.63, 3.8) is 0 Å². The molecule has 0 aliphatic carbocycles. The fourth-order valence-corrected chi connectivity index (χ4v) is 1.91. The molecule has 3 nitrogen and oxygen atoms in total. The van der Waals surface area contributed by atoms with Crippen LogP contribution >= 0.6 is 12.4 Å². The van der Waals surface area contributed by atoms with Gasteiger partial charge in [-0.05, 0) is 36.2 Å². The molecule has 0 radical (unpaired) electrons. The molecule has 1 unspecified atom stereocenters. The van der Waals surface area contributed by atoms with Crippen molar-refractivity contribution in [3.8, 4) is 0 Å². The first kappa shape index (κ1) is 15.5. The highest BCUT2D eigenvalue weighted by Crippen LogP contribution is 2.20. The van der Waals surface area contributed by atoms with E-state index in [1.807, 2.05) is 25.1 Å². The van der Waals surface area contributed by atoms with Gasteiger partial charge in [0, 0.05) is 0 Å². The second kappa shape index (κ2) is 6.55. The zero-order valence-electron chi connectivity index (χ0n) is 11.1. The minimum Gasteiger partial charge on any atom is -0.348 e. The van der Waals surface area contributed by atoms with Gasteiger partial charge in [0.1, 0.15) is 0 Å². The molecule has 0 saturated carbocycles. The van der Waals surface area contributed by atoms with Crippen molar-refractivity contribution in [1.82, 2.24) is 5.32 Å². The van der Waals surface area contributed by atoms with Crippen molar-refractivity contribution >= 4 is 29.1 Å². The molecule has 2 rings (SSSR count). The van der Waals surface area contributed by atoms with Gasteiger partial charge in [0.2, 0.25) is 5.91 Å². The Morgan fingerprint density at radius 3 is 2.37 bits per heavy atom. The Morgan fingerprint density at radius 1 is 1.11 bits per heavy atom. The van der Waals surface area contributed by atoms with Crippen LogP contribution in [-0.4, -0.2) is 11.9 Å². The summed E-state index contributed by atoms with van der Waals surface area (Å²) in [6.07, 6.45) is 0. The van der Waals surface area contributed by atoms with E-state index in [2.05, 4.69) is 29.6 Å². The molecule has 0 heterocycles. The average Bonchev–Trinajstić information content (AvgIpc) is 2.37. The lowest BCUT2D eigenvalue weighted by atomic mass is 10.0. The fourth-order valence-electron chi connectivity index (χ4n) is 1.91. The van der Waals surface area contributed by atoms with Crippen LogP contribution in [0.4, 0.5) is 0 Å². The Morgan fingerprint density at radius 2 is 1.74 bits per heavy atom. The highest BCUT2D eigenvalue weighted by molar-refractivity contribution is 5.85. The number of nitrogens with one attached hydrogen (secondary N) is 1. The summed E-state index contributed by atoms with van der Waals surface area (Å²) < 4.78 is 0. The zero-order valence-corrected chi connectivity index (χ0v) is 11.9. The fraction of sp³-hybridized carbons (Fsp3) is 0.267. The molecule has 2 aromatic carbocycles. The quantitative estimate of drug-likeness (QED) is 0.907. The maximum atomic E-state index is 11.6. The van der Waals surface area contributed by atoms with Crippen LogP contribution in [0.15, 0.2) is 42.5 Å². The third-order valence-corrected chi connectivity index (χ3v) is 3.05. The minimum absolute atomic E-state index is 0. The second-order valence-electron chi connectivity index (χ2n) is 4.63. The van der Waals surface area contributed by atoms with Gasteiger partial charge < -0.3 is 11.1 Å². The summed E-state index contributed by atoms with van der Waals surface area (Å²) in [7, 11) is 0. The number of carbonyl (C=O) groups is 1. The molecule has 0 spiro atoms. The molecule has 0 aromatic heterocycles. The predicted molar refractivity (Wildman–Crippen MR) is 81.4 cm³/mol. The first-order valence-corrected chi connectivity index (χ1v) is 6.12. The number of nitrogens with two attached hydrogens (primary N) is 1. The summed E-state index contributed by atoms with van der Waals surface area (Å²) in [4.78, 5) is 11.6. The van der Waals surface area contributed by atoms with Gasteiger partial charge in [-0.3, -0.25) is 4.79 Å². The van der Waals surface area contributed by atoms with Gasteiger partial charge in [0.05, 0.1) is 12.1 Å². The summed E-state index contributed by atoms with van der Waals surface area (Å²) in [5, 5.41) is 5.27. The van der Waals surface area contributed by atoms with Gasteiger partial charge in [-0.15, -0.1) is 12.4 Å². The number of hydrogen-bond acceptors (Lipinski definition) is 2. The predicted octanol–water partition coefficient (Wildman–Crippen LogP) is 2.79. The zero-order chi connectivity index (χ0) is 13.1. The Labute approximate surface area is 119 Å². The number of rotatable bonds is 3. The van der Waals surface area contributed by atoms with Gasteiger partial charge in [0.25, 0.3) is 0 Å². The second-order valence-corrected chi connectivity index (χ2v) is 4.63. The molecule has 0 aliphatic heterocycles. The van der Waals surface area contributed by atoms with Crippen LogP contribution in [0, 0.1) is 0 Å². The summed E-state index contributed by atoms with van der Waals surface area (Å²) >= 11 is 0. The van der Waals surface area contributed by atoms with E-state index in [1.165, 1.54) is 10.8 Å². The molecule has 3 N–H and O–H groups in total. The lowest BCUT2D eigenvalue weighted by Crippen LogP contribution is -2.39. The van der Waals surface area contributed by atoms with E-state index in [4.69, 9.17) is 5.73 Å². The largest absolute Gasteiger partial charge is 0.348 e. The number of hydrogen-bond donors (Lipinski definition) is 2. The molecule has 0 fully saturated rings. The van der Waals surface area contributed by atoms with E-state index in [0.29, 0.717) is 0 Å². The first-order valence-electron chi connectivity index (χ1n) is 6.12. The maximum Gasteiger partial charge on any atom is 0.237 e. The van der Waals surface area contributed by atoms with Gasteiger partial charge >= 0.3 is 0 Å². The number of fused-ring (bicyclic) bond motifs is 1. The van der Waals surface area contributed by atoms with E-state index < -0.39 is 6.04 Å². The molecule has 0 aliphatic rings. The standard InChI is InChI=1S/C15H18N2O.ClH/c1-10(16)15(18)17-11(2)13-8-7-12-5-3-4-6-14(12)9-13;/h3-11H,16H2,1-2H3,(H,17,18);1H/t10-,11?;/m1./s1. The van der Waals surface area contributed by atoms with Gasteiger partial charge in [-0.25, -0.2) is 0 Å². The highest BCUT2D eigenvalue weighted by atomic mass is 35.5. The van der Waals surface area contributed by atoms with E-state index in [-0.39, 0.29) is 24.4 Å². The molecule has 0 bridgehead atoms. The van der Waals surface area contributed by atoms with Crippen molar-refractivity contribution in [2.45, 2.75) is 25.9 Å². The van der Waals surface area contributed by atoms with Gasteiger partial charge in [0.15, 0.2) is 0 Å². The molecular weight excluding hydrogens is 260 g/mol. The number of carbonyl (C=O) groups excluding carboxylic acids is 1. The van der Waals surface area contributed by atoms with Crippen LogP contribution in [0.3, 0.4) is 0 Å². The summed E-state index contributed by atoms with van der Waals surface area (Å²) in [6.45, 7) is 3.65. The topological polar surface area (TPSA) is 55.1 Å². The highest BCUT2D eigenvalue weighted by Gasteiger charge is 2.12. The van der Waals surface area contributed by atoms with Crippen LogP contribution in [0.1, 0.15) is 25.5 Å². The van der Waals surface area contributed by atoms with Crippen molar-refractivity contribution in [3.05, 3.63) is 48.0 Å². The Bertz CT molecular complexity index is 569. The molecule has 19 heavy (non-hydrogen) atoms. The normalized spacial score (nSPS) is 13.4. The molecule has 0 saturated heterocycles. The third kappa shape index (κ3) is 3.69. The van der Waals surface area contributed by atoms with Gasteiger partial charge in [-0.1, -0.05) is 36.4 Å². The lowest BCUT2D eigenvalue weighted by Gasteiger charge is -2.16. The van der Waals surface area contributed by atoms with Crippen LogP contribution in [-0.2, 0) is 4.79 Å². The van der Waals surface area contributed by atoms with E-state index in [0.717, 1.165) is 5.56 Å². The monoisotopic (exact) mass is 278 g/mol. The lowest BCUT2D eigenvalue weighted by molar-refractivity contribution is -0.122. The minimum atomic E-state index is -0.479. The van der Waals surface area contributed by atoms with E-state index in [1.54, 1.807) is 6.92 Å². The Hall–Kier alpha value is -1.58. The molecule has 2 aromatic rings. The summed E-state index contributed by atoms with van der Waals surface area (Å²) in [5.41, 5.74) is 6.63. The van der Waals surface area contributed by atoms with Crippen molar-refractivity contribution < 1.29 is 4.79 Å².